The predicted molar refractivity (Wildman–Crippen MR) is 48.4 cm³/mol. The average Bonchev–Trinajstić information content (AvgIpc) is 2.17. The van der Waals surface area contributed by atoms with E-state index in [1.807, 2.05) is 0 Å². The summed E-state index contributed by atoms with van der Waals surface area (Å²) in [6.45, 7) is 0. The number of aromatic nitrogens is 1. The van der Waals surface area contributed by atoms with Gasteiger partial charge >= 0.3 is 59.1 Å². The summed E-state index contributed by atoms with van der Waals surface area (Å²) < 4.78 is 0. The van der Waals surface area contributed by atoms with Gasteiger partial charge in [0, 0.05) is 18.0 Å². The first-order valence-electron chi connectivity index (χ1n) is 3.51. The maximum atomic E-state index is 10.8. The normalized spacial score (nSPS) is 13.9. The van der Waals surface area contributed by atoms with E-state index in [4.69, 9.17) is 15.5 Å². The third kappa shape index (κ3) is 4.48. The van der Waals surface area contributed by atoms with Crippen molar-refractivity contribution in [2.45, 2.75) is 5.02 Å². The Balaban J connectivity index is 0. The molecule has 0 aliphatic rings. The maximum absolute atomic E-state index is 10.8. The molecule has 0 saturated carbocycles. The van der Waals surface area contributed by atoms with Crippen LogP contribution < -0.4 is 74.6 Å². The molecule has 1 aromatic rings. The molecule has 4 N–H and O–H groups in total. The molecule has 0 aliphatic carbocycles. The number of nitrogens with two attached hydrogens (primary N) is 1. The molecule has 1 aromatic heterocycles. The van der Waals surface area contributed by atoms with Gasteiger partial charge in [-0.3, -0.25) is 13.4 Å². The maximum Gasteiger partial charge on any atom is 1.00 e. The van der Waals surface area contributed by atoms with Crippen molar-refractivity contribution >= 4 is 16.8 Å². The van der Waals surface area contributed by atoms with Crippen molar-refractivity contribution in [3.63, 3.8) is 0 Å². The van der Waals surface area contributed by atoms with E-state index in [2.05, 4.69) is 4.98 Å². The van der Waals surface area contributed by atoms with Gasteiger partial charge in [0.05, 0.1) is 0 Å². The van der Waals surface area contributed by atoms with Crippen LogP contribution in [0.1, 0.15) is 5.56 Å². The molecular formula is C6H8N2Na2O4P2. The second-order valence-corrected chi connectivity index (χ2v) is 5.37. The summed E-state index contributed by atoms with van der Waals surface area (Å²) in [5, 5.41) is -2.14. The molecule has 0 fully saturated rings. The van der Waals surface area contributed by atoms with E-state index in [-0.39, 0.29) is 64.7 Å². The van der Waals surface area contributed by atoms with Gasteiger partial charge in [0.1, 0.15) is 5.02 Å². The minimum Gasteiger partial charge on any atom is -0.840 e. The van der Waals surface area contributed by atoms with Crippen LogP contribution in [-0.2, 0) is 5.02 Å². The van der Waals surface area contributed by atoms with Gasteiger partial charge in [-0.1, -0.05) is 6.07 Å². The second kappa shape index (κ2) is 8.83. The van der Waals surface area contributed by atoms with Gasteiger partial charge in [-0.15, -0.1) is 0 Å². The van der Waals surface area contributed by atoms with Crippen LogP contribution >= 0.6 is 16.8 Å². The van der Waals surface area contributed by atoms with Crippen molar-refractivity contribution in [2.75, 3.05) is 0 Å². The molecule has 0 amide bonds. The summed E-state index contributed by atoms with van der Waals surface area (Å²) in [5.41, 5.74) is 5.46. The number of pyridine rings is 1. The summed E-state index contributed by atoms with van der Waals surface area (Å²) in [6.07, 6.45) is 2.62. The van der Waals surface area contributed by atoms with E-state index < -0.39 is 21.8 Å². The van der Waals surface area contributed by atoms with Crippen molar-refractivity contribution in [2.24, 2.45) is 5.73 Å². The van der Waals surface area contributed by atoms with Crippen molar-refractivity contribution in [1.82, 2.24) is 4.98 Å². The molecule has 1 unspecified atom stereocenters. The molecule has 10 heteroatoms. The Hall–Kier alpha value is 1.81. The molecule has 0 radical (unpaired) electrons. The van der Waals surface area contributed by atoms with Gasteiger partial charge in [-0.2, -0.15) is 0 Å². The molecule has 0 bridgehead atoms. The zero-order chi connectivity index (χ0) is 10.8. The van der Waals surface area contributed by atoms with Gasteiger partial charge in [0.25, 0.3) is 0 Å². The van der Waals surface area contributed by atoms with E-state index in [1.54, 1.807) is 0 Å². The van der Waals surface area contributed by atoms with E-state index in [1.165, 1.54) is 24.5 Å². The van der Waals surface area contributed by atoms with E-state index in [0.717, 1.165) is 0 Å². The molecule has 0 spiro atoms. The van der Waals surface area contributed by atoms with Gasteiger partial charge < -0.3 is 25.3 Å². The number of hydrogen-bond donors (Lipinski definition) is 3. The zero-order valence-electron chi connectivity index (χ0n) is 8.94. The first-order valence-corrected chi connectivity index (χ1v) is 5.94. The largest absolute Gasteiger partial charge is 1.00 e. The van der Waals surface area contributed by atoms with Gasteiger partial charge in [0.15, 0.2) is 8.38 Å². The minimum atomic E-state index is -3.20. The van der Waals surface area contributed by atoms with Crippen LogP contribution in [0.25, 0.3) is 0 Å². The third-order valence-corrected chi connectivity index (χ3v) is 4.38. The number of rotatable bonds is 3. The van der Waals surface area contributed by atoms with Crippen LogP contribution in [0.15, 0.2) is 24.5 Å². The van der Waals surface area contributed by atoms with Crippen molar-refractivity contribution in [3.8, 4) is 0 Å². The Morgan fingerprint density at radius 1 is 1.31 bits per heavy atom. The Morgan fingerprint density at radius 2 is 1.88 bits per heavy atom. The molecule has 1 atom stereocenters. The van der Waals surface area contributed by atoms with Gasteiger partial charge in [0.2, 0.25) is 0 Å². The number of hydrogen-bond acceptors (Lipinski definition) is 6. The van der Waals surface area contributed by atoms with Gasteiger partial charge in [-0.25, -0.2) is 0 Å². The molecule has 16 heavy (non-hydrogen) atoms. The molecule has 0 saturated heterocycles. The van der Waals surface area contributed by atoms with Crippen LogP contribution in [-0.4, -0.2) is 14.8 Å². The van der Waals surface area contributed by atoms with Gasteiger partial charge in [-0.05, 0) is 6.07 Å². The summed E-state index contributed by atoms with van der Waals surface area (Å²) in [7, 11) is -6.02. The smallest absolute Gasteiger partial charge is 0.840 e. The summed E-state index contributed by atoms with van der Waals surface area (Å²) in [4.78, 5) is 43.3. The fourth-order valence-corrected chi connectivity index (χ4v) is 2.16. The minimum absolute atomic E-state index is 0. The summed E-state index contributed by atoms with van der Waals surface area (Å²) in [5.74, 6) is 0. The molecule has 1 heterocycles. The predicted octanol–water partition coefficient (Wildman–Crippen LogP) is -7.51. The fraction of sp³-hybridized carbons (Fsp3) is 0.167. The average molecular weight is 280 g/mol. The van der Waals surface area contributed by atoms with Crippen molar-refractivity contribution in [1.29, 1.82) is 0 Å². The van der Waals surface area contributed by atoms with E-state index >= 15 is 0 Å². The first kappa shape index (κ1) is 20.1. The van der Waals surface area contributed by atoms with Crippen LogP contribution in [0.5, 0.6) is 0 Å². The SMILES string of the molecule is NC(c1cccnc1)(P([O-])[O-])P(O)O.[Na+].[Na+]. The quantitative estimate of drug-likeness (QED) is 0.373. The molecular weight excluding hydrogens is 272 g/mol. The first-order chi connectivity index (χ1) is 6.49. The fourth-order valence-electron chi connectivity index (χ4n) is 0.874. The molecule has 78 valence electrons. The standard InChI is InChI=1S/C6H8N2O4P2.2Na/c7-6(13(9)10,14(11)12)5-2-1-3-8-4-5;;/h1-4,9-10H,7H2;;/q-2;2*+1. The zero-order valence-corrected chi connectivity index (χ0v) is 14.7. The topological polar surface area (TPSA) is 125 Å². The Bertz CT molecular complexity index is 296. The molecule has 0 aromatic carbocycles. The van der Waals surface area contributed by atoms with Crippen molar-refractivity contribution < 1.29 is 78.7 Å². The van der Waals surface area contributed by atoms with Crippen LogP contribution in [0.4, 0.5) is 0 Å². The van der Waals surface area contributed by atoms with Crippen LogP contribution in [0.3, 0.4) is 0 Å². The third-order valence-electron chi connectivity index (χ3n) is 1.67. The van der Waals surface area contributed by atoms with E-state index in [0.29, 0.717) is 0 Å². The Kier molecular flexibility index (Phi) is 11.1. The summed E-state index contributed by atoms with van der Waals surface area (Å²) in [6, 6.07) is 2.84. The van der Waals surface area contributed by atoms with Crippen LogP contribution in [0, 0.1) is 0 Å². The Labute approximate surface area is 140 Å². The monoisotopic (exact) mass is 280 g/mol. The number of nitrogens with zero attached hydrogens (tertiary/aromatic N) is 1. The van der Waals surface area contributed by atoms with E-state index in [9.17, 15) is 9.79 Å². The Morgan fingerprint density at radius 3 is 2.19 bits per heavy atom. The molecule has 6 nitrogen and oxygen atoms in total. The summed E-state index contributed by atoms with van der Waals surface area (Å²) >= 11 is 0. The second-order valence-electron chi connectivity index (χ2n) is 2.51. The van der Waals surface area contributed by atoms with Crippen molar-refractivity contribution in [3.05, 3.63) is 30.1 Å². The molecule has 0 aliphatic heterocycles. The van der Waals surface area contributed by atoms with Crippen LogP contribution in [0.2, 0.25) is 0 Å². The molecule has 1 rings (SSSR count).